The van der Waals surface area contributed by atoms with E-state index in [1.54, 1.807) is 38.6 Å². The lowest BCUT2D eigenvalue weighted by atomic mass is 9.65. The van der Waals surface area contributed by atoms with Gasteiger partial charge in [-0.2, -0.15) is 0 Å². The zero-order valence-electron chi connectivity index (χ0n) is 22.6. The molecule has 3 fully saturated rings. The zero-order chi connectivity index (χ0) is 27.4. The molecule has 6 atom stereocenters. The molecule has 1 spiro atoms. The van der Waals surface area contributed by atoms with Crippen LogP contribution in [0.3, 0.4) is 0 Å². The Labute approximate surface area is 230 Å². The van der Waals surface area contributed by atoms with Crippen LogP contribution in [0.4, 0.5) is 0 Å². The van der Waals surface area contributed by atoms with Crippen LogP contribution in [0, 0.1) is 17.8 Å². The van der Waals surface area contributed by atoms with Crippen molar-refractivity contribution in [2.45, 2.75) is 55.7 Å². The normalized spacial score (nSPS) is 29.3. The molecule has 4 rings (SSSR count). The molecule has 206 valence electrons. The maximum atomic E-state index is 14.2. The molecule has 1 N–H and O–H groups in total. The summed E-state index contributed by atoms with van der Waals surface area (Å²) in [4.78, 5) is 47.6. The Morgan fingerprint density at radius 1 is 1.16 bits per heavy atom. The second-order valence-corrected chi connectivity index (χ2v) is 12.3. The second kappa shape index (κ2) is 12.1. The van der Waals surface area contributed by atoms with Crippen LogP contribution in [0.5, 0.6) is 0 Å². The van der Waals surface area contributed by atoms with E-state index in [1.807, 2.05) is 30.3 Å². The Morgan fingerprint density at radius 2 is 1.84 bits per heavy atom. The number of nitrogens with zero attached hydrogens (tertiary/aromatic N) is 3. The smallest absolute Gasteiger partial charge is 0.247 e. The van der Waals surface area contributed by atoms with Crippen molar-refractivity contribution in [3.05, 3.63) is 61.2 Å². The Hall–Kier alpha value is -2.58. The van der Waals surface area contributed by atoms with Gasteiger partial charge in [0.05, 0.1) is 23.2 Å². The SMILES string of the molecule is C=CCN(CCCC)C(=O)C1N(CCO)C(=O)[C@@H]2[C@@H](C(=O)N(CC=C)Cc3ccccc3)[C@H]3CC(C)C12S3. The lowest BCUT2D eigenvalue weighted by Crippen LogP contribution is -2.57. The third-order valence-electron chi connectivity index (χ3n) is 8.43. The van der Waals surface area contributed by atoms with Gasteiger partial charge in [0, 0.05) is 38.0 Å². The summed E-state index contributed by atoms with van der Waals surface area (Å²) in [7, 11) is 0. The summed E-state index contributed by atoms with van der Waals surface area (Å²) < 4.78 is -0.688. The largest absolute Gasteiger partial charge is 0.395 e. The number of carbonyl (C=O) groups excluding carboxylic acids is 3. The lowest BCUT2D eigenvalue weighted by Gasteiger charge is -2.41. The highest BCUT2D eigenvalue weighted by molar-refractivity contribution is 8.02. The molecular formula is C30H41N3O4S. The summed E-state index contributed by atoms with van der Waals surface area (Å²) in [6.45, 7) is 13.6. The average Bonchev–Trinajstić information content (AvgIpc) is 3.50. The van der Waals surface area contributed by atoms with Crippen molar-refractivity contribution >= 4 is 29.5 Å². The van der Waals surface area contributed by atoms with Crippen LogP contribution in [0.15, 0.2) is 55.6 Å². The van der Waals surface area contributed by atoms with Crippen molar-refractivity contribution < 1.29 is 19.5 Å². The maximum absolute atomic E-state index is 14.2. The highest BCUT2D eigenvalue weighted by atomic mass is 32.2. The van der Waals surface area contributed by atoms with Crippen molar-refractivity contribution in [2.75, 3.05) is 32.8 Å². The van der Waals surface area contributed by atoms with Gasteiger partial charge in [0.2, 0.25) is 17.7 Å². The number of β-amino-alcohol motifs (C(OH)–C–C–N with tert-alkyl or cyclic N) is 1. The number of carbonyl (C=O) groups is 3. The van der Waals surface area contributed by atoms with Crippen molar-refractivity contribution in [3.63, 3.8) is 0 Å². The molecule has 8 heteroatoms. The van der Waals surface area contributed by atoms with Crippen molar-refractivity contribution in [2.24, 2.45) is 17.8 Å². The Bertz CT molecular complexity index is 1050. The summed E-state index contributed by atoms with van der Waals surface area (Å²) in [5, 5.41) is 9.87. The number of rotatable bonds is 13. The van der Waals surface area contributed by atoms with Crippen molar-refractivity contribution in [1.82, 2.24) is 14.7 Å². The van der Waals surface area contributed by atoms with Crippen LogP contribution in [0.25, 0.3) is 0 Å². The van der Waals surface area contributed by atoms with Crippen LogP contribution in [-0.4, -0.2) is 86.4 Å². The van der Waals surface area contributed by atoms with Gasteiger partial charge in [0.15, 0.2) is 0 Å². The first kappa shape index (κ1) is 28.4. The standard InChI is InChI=1S/C30H41N3O4S/c1-5-8-16-31(14-6-2)29(37)26-30-21(4)19-23(38-30)24(25(30)28(36)33(26)17-18-34)27(35)32(15-7-3)20-22-12-10-9-11-13-22/h6-7,9-13,21,23-26,34H,2-3,5,8,14-20H2,1,4H3/t21?,23-,24+,25+,26?,30?/m1/s1. The highest BCUT2D eigenvalue weighted by Gasteiger charge is 2.76. The van der Waals surface area contributed by atoms with Gasteiger partial charge in [0.1, 0.15) is 6.04 Å². The number of fused-ring (bicyclic) bond motifs is 1. The topological polar surface area (TPSA) is 81.2 Å². The van der Waals surface area contributed by atoms with E-state index in [1.165, 1.54) is 0 Å². The Morgan fingerprint density at radius 3 is 2.47 bits per heavy atom. The molecule has 3 aliphatic heterocycles. The minimum Gasteiger partial charge on any atom is -0.395 e. The second-order valence-electron chi connectivity index (χ2n) is 10.7. The predicted molar refractivity (Wildman–Crippen MR) is 151 cm³/mol. The molecular weight excluding hydrogens is 498 g/mol. The fourth-order valence-electron chi connectivity index (χ4n) is 6.80. The quantitative estimate of drug-likeness (QED) is 0.389. The maximum Gasteiger partial charge on any atom is 0.247 e. The lowest BCUT2D eigenvalue weighted by molar-refractivity contribution is -0.145. The molecule has 2 bridgehead atoms. The minimum atomic E-state index is -0.700. The molecule has 0 aliphatic carbocycles. The number of likely N-dealkylation sites (tertiary alicyclic amines) is 1. The van der Waals surface area contributed by atoms with Gasteiger partial charge in [-0.3, -0.25) is 14.4 Å². The van der Waals surface area contributed by atoms with Crippen molar-refractivity contribution in [3.8, 4) is 0 Å². The fraction of sp³-hybridized carbons (Fsp3) is 0.567. The average molecular weight is 540 g/mol. The number of amides is 3. The zero-order valence-corrected chi connectivity index (χ0v) is 23.4. The third-order valence-corrected chi connectivity index (χ3v) is 10.5. The van der Waals surface area contributed by atoms with Gasteiger partial charge in [-0.1, -0.05) is 62.8 Å². The van der Waals surface area contributed by atoms with Crippen LogP contribution < -0.4 is 0 Å². The van der Waals surface area contributed by atoms with Crippen LogP contribution in [0.1, 0.15) is 38.7 Å². The van der Waals surface area contributed by atoms with Crippen molar-refractivity contribution in [1.29, 1.82) is 0 Å². The first-order valence-electron chi connectivity index (χ1n) is 13.8. The van der Waals surface area contributed by atoms with Gasteiger partial charge >= 0.3 is 0 Å². The molecule has 0 saturated carbocycles. The van der Waals surface area contributed by atoms with Gasteiger partial charge in [-0.25, -0.2) is 0 Å². The number of aliphatic hydroxyl groups is 1. The van der Waals surface area contributed by atoms with E-state index in [4.69, 9.17) is 0 Å². The molecule has 3 heterocycles. The number of aliphatic hydroxyl groups excluding tert-OH is 1. The summed E-state index contributed by atoms with van der Waals surface area (Å²) in [6.07, 6.45) is 6.04. The van der Waals surface area contributed by atoms with E-state index in [0.29, 0.717) is 26.2 Å². The Balaban J connectivity index is 1.71. The first-order chi connectivity index (χ1) is 18.3. The number of hydrogen-bond donors (Lipinski definition) is 1. The summed E-state index contributed by atoms with van der Waals surface area (Å²) in [5.74, 6) is -1.33. The molecule has 3 amide bonds. The van der Waals surface area contributed by atoms with E-state index < -0.39 is 22.6 Å². The predicted octanol–water partition coefficient (Wildman–Crippen LogP) is 3.35. The highest BCUT2D eigenvalue weighted by Crippen LogP contribution is 2.68. The fourth-order valence-corrected chi connectivity index (χ4v) is 9.21. The summed E-state index contributed by atoms with van der Waals surface area (Å²) in [5.41, 5.74) is 1.02. The van der Waals surface area contributed by atoms with Gasteiger partial charge in [-0.15, -0.1) is 24.9 Å². The Kier molecular flexibility index (Phi) is 9.04. The molecule has 3 aliphatic rings. The van der Waals surface area contributed by atoms with Crippen LogP contribution >= 0.6 is 11.8 Å². The van der Waals surface area contributed by atoms with E-state index >= 15 is 0 Å². The third kappa shape index (κ3) is 4.81. The van der Waals surface area contributed by atoms with E-state index in [-0.39, 0.29) is 42.0 Å². The number of hydrogen-bond acceptors (Lipinski definition) is 5. The van der Waals surface area contributed by atoms with Crippen LogP contribution in [0.2, 0.25) is 0 Å². The monoisotopic (exact) mass is 539 g/mol. The van der Waals surface area contributed by atoms with E-state index in [2.05, 4.69) is 27.0 Å². The summed E-state index contributed by atoms with van der Waals surface area (Å²) in [6, 6.07) is 9.13. The number of benzene rings is 1. The molecule has 0 radical (unpaired) electrons. The molecule has 7 nitrogen and oxygen atoms in total. The molecule has 1 aromatic carbocycles. The van der Waals surface area contributed by atoms with Gasteiger partial charge < -0.3 is 19.8 Å². The molecule has 3 saturated heterocycles. The van der Waals surface area contributed by atoms with Crippen LogP contribution in [-0.2, 0) is 20.9 Å². The van der Waals surface area contributed by atoms with E-state index in [0.717, 1.165) is 24.8 Å². The number of thioether (sulfide) groups is 1. The van der Waals surface area contributed by atoms with E-state index in [9.17, 15) is 19.5 Å². The molecule has 3 unspecified atom stereocenters. The first-order valence-corrected chi connectivity index (χ1v) is 14.7. The molecule has 0 aromatic heterocycles. The minimum absolute atomic E-state index is 0.0235. The van der Waals surface area contributed by atoms with Gasteiger partial charge in [0.25, 0.3) is 0 Å². The molecule has 1 aromatic rings. The number of unbranched alkanes of at least 4 members (excludes halogenated alkanes) is 1. The van der Waals surface area contributed by atoms with Gasteiger partial charge in [-0.05, 0) is 24.3 Å². The summed E-state index contributed by atoms with van der Waals surface area (Å²) >= 11 is 1.67. The molecule has 38 heavy (non-hydrogen) atoms.